The maximum Gasteiger partial charge on any atom is 0.227 e. The van der Waals surface area contributed by atoms with E-state index in [-0.39, 0.29) is 5.91 Å². The predicted octanol–water partition coefficient (Wildman–Crippen LogP) is 3.79. The normalized spacial score (nSPS) is 10.7. The molecule has 1 aromatic carbocycles. The molecule has 0 aliphatic rings. The zero-order chi connectivity index (χ0) is 18.4. The number of thiophene rings is 1. The van der Waals surface area contributed by atoms with Gasteiger partial charge in [-0.05, 0) is 36.1 Å². The lowest BCUT2D eigenvalue weighted by molar-refractivity contribution is -0.130. The maximum atomic E-state index is 12.3. The standard InChI is InChI=1S/C19H21N3O3S/c1-3-24-16-6-4-14(5-7-16)12-22(2)18(23)9-8-17-20-19(21-25-17)15-10-11-26-13-15/h4-7,10-11,13H,3,8-9,12H2,1-2H3. The van der Waals surface area contributed by atoms with Gasteiger partial charge in [0.15, 0.2) is 0 Å². The Hall–Kier alpha value is -2.67. The van der Waals surface area contributed by atoms with Crippen molar-refractivity contribution in [2.24, 2.45) is 0 Å². The van der Waals surface area contributed by atoms with Gasteiger partial charge in [-0.1, -0.05) is 17.3 Å². The molecule has 136 valence electrons. The second kappa shape index (κ2) is 8.62. The van der Waals surface area contributed by atoms with Crippen LogP contribution < -0.4 is 4.74 Å². The van der Waals surface area contributed by atoms with Gasteiger partial charge >= 0.3 is 0 Å². The first-order chi connectivity index (χ1) is 12.7. The van der Waals surface area contributed by atoms with E-state index < -0.39 is 0 Å². The van der Waals surface area contributed by atoms with Crippen LogP contribution >= 0.6 is 11.3 Å². The van der Waals surface area contributed by atoms with E-state index in [4.69, 9.17) is 9.26 Å². The van der Waals surface area contributed by atoms with E-state index in [1.165, 1.54) is 0 Å². The Balaban J connectivity index is 1.49. The van der Waals surface area contributed by atoms with E-state index in [1.54, 1.807) is 23.3 Å². The van der Waals surface area contributed by atoms with Crippen LogP contribution in [0.25, 0.3) is 11.4 Å². The number of nitrogens with zero attached hydrogens (tertiary/aromatic N) is 3. The van der Waals surface area contributed by atoms with E-state index in [0.717, 1.165) is 16.9 Å². The Bertz CT molecular complexity index is 828. The predicted molar refractivity (Wildman–Crippen MR) is 100 cm³/mol. The van der Waals surface area contributed by atoms with Gasteiger partial charge in [-0.3, -0.25) is 4.79 Å². The van der Waals surface area contributed by atoms with Crippen molar-refractivity contribution in [1.82, 2.24) is 15.0 Å². The van der Waals surface area contributed by atoms with Crippen LogP contribution in [0.1, 0.15) is 24.8 Å². The van der Waals surface area contributed by atoms with Crippen molar-refractivity contribution in [1.29, 1.82) is 0 Å². The van der Waals surface area contributed by atoms with Crippen LogP contribution in [0.5, 0.6) is 5.75 Å². The first kappa shape index (κ1) is 18.1. The molecule has 3 aromatic rings. The molecule has 26 heavy (non-hydrogen) atoms. The first-order valence-corrected chi connectivity index (χ1v) is 9.41. The van der Waals surface area contributed by atoms with Crippen LogP contribution in [0.2, 0.25) is 0 Å². The highest BCUT2D eigenvalue weighted by atomic mass is 32.1. The minimum absolute atomic E-state index is 0.0363. The van der Waals surface area contributed by atoms with Gasteiger partial charge in [0.05, 0.1) is 6.61 Å². The zero-order valence-corrected chi connectivity index (χ0v) is 15.7. The fraction of sp³-hybridized carbons (Fsp3) is 0.316. The van der Waals surface area contributed by atoms with Gasteiger partial charge in [0.25, 0.3) is 0 Å². The number of aromatic nitrogens is 2. The quantitative estimate of drug-likeness (QED) is 0.603. The lowest BCUT2D eigenvalue weighted by atomic mass is 10.2. The summed E-state index contributed by atoms with van der Waals surface area (Å²) in [4.78, 5) is 18.4. The number of carbonyl (C=O) groups is 1. The molecule has 2 aromatic heterocycles. The molecule has 0 aliphatic heterocycles. The maximum absolute atomic E-state index is 12.3. The molecule has 0 unspecified atom stereocenters. The summed E-state index contributed by atoms with van der Waals surface area (Å²) in [7, 11) is 1.80. The molecule has 0 fully saturated rings. The molecule has 0 spiro atoms. The third kappa shape index (κ3) is 4.70. The molecule has 0 radical (unpaired) electrons. The zero-order valence-electron chi connectivity index (χ0n) is 14.8. The van der Waals surface area contributed by atoms with E-state index in [1.807, 2.05) is 48.0 Å². The van der Waals surface area contributed by atoms with Gasteiger partial charge in [-0.25, -0.2) is 0 Å². The van der Waals surface area contributed by atoms with E-state index in [9.17, 15) is 4.79 Å². The summed E-state index contributed by atoms with van der Waals surface area (Å²) in [5.41, 5.74) is 1.99. The Morgan fingerprint density at radius 1 is 1.27 bits per heavy atom. The minimum atomic E-state index is 0.0363. The Morgan fingerprint density at radius 2 is 2.08 bits per heavy atom. The highest BCUT2D eigenvalue weighted by Gasteiger charge is 2.14. The van der Waals surface area contributed by atoms with E-state index in [0.29, 0.717) is 37.7 Å². The number of amides is 1. The molecule has 6 nitrogen and oxygen atoms in total. The van der Waals surface area contributed by atoms with E-state index in [2.05, 4.69) is 10.1 Å². The first-order valence-electron chi connectivity index (χ1n) is 8.46. The van der Waals surface area contributed by atoms with Crippen molar-refractivity contribution in [3.05, 3.63) is 52.5 Å². The van der Waals surface area contributed by atoms with Gasteiger partial charge < -0.3 is 14.2 Å². The summed E-state index contributed by atoms with van der Waals surface area (Å²) in [6.45, 7) is 3.14. The lowest BCUT2D eigenvalue weighted by Gasteiger charge is -2.17. The summed E-state index contributed by atoms with van der Waals surface area (Å²) >= 11 is 1.58. The molecule has 1 amide bonds. The summed E-state index contributed by atoms with van der Waals surface area (Å²) in [6.07, 6.45) is 0.766. The van der Waals surface area contributed by atoms with Crippen molar-refractivity contribution < 1.29 is 14.1 Å². The summed E-state index contributed by atoms with van der Waals surface area (Å²) in [5.74, 6) is 1.92. The summed E-state index contributed by atoms with van der Waals surface area (Å²) in [5, 5.41) is 7.88. The van der Waals surface area contributed by atoms with Crippen LogP contribution in [0.15, 0.2) is 45.6 Å². The topological polar surface area (TPSA) is 68.5 Å². The van der Waals surface area contributed by atoms with Crippen molar-refractivity contribution >= 4 is 17.2 Å². The second-order valence-electron chi connectivity index (χ2n) is 5.85. The fourth-order valence-corrected chi connectivity index (χ4v) is 3.12. The number of hydrogen-bond donors (Lipinski definition) is 0. The van der Waals surface area contributed by atoms with Gasteiger partial charge in [-0.2, -0.15) is 16.3 Å². The lowest BCUT2D eigenvalue weighted by Crippen LogP contribution is -2.26. The Kier molecular flexibility index (Phi) is 6.01. The SMILES string of the molecule is CCOc1ccc(CN(C)C(=O)CCc2nc(-c3ccsc3)no2)cc1. The number of aryl methyl sites for hydroxylation is 1. The molecule has 3 rings (SSSR count). The monoisotopic (exact) mass is 371 g/mol. The number of carbonyl (C=O) groups excluding carboxylic acids is 1. The summed E-state index contributed by atoms with van der Waals surface area (Å²) in [6, 6.07) is 9.72. The molecule has 0 saturated heterocycles. The highest BCUT2D eigenvalue weighted by Crippen LogP contribution is 2.19. The number of rotatable bonds is 8. The highest BCUT2D eigenvalue weighted by molar-refractivity contribution is 7.08. The fourth-order valence-electron chi connectivity index (χ4n) is 2.49. The van der Waals surface area contributed by atoms with Crippen LogP contribution in [-0.4, -0.2) is 34.6 Å². The molecule has 0 saturated carbocycles. The van der Waals surface area contributed by atoms with Gasteiger partial charge in [-0.15, -0.1) is 0 Å². The van der Waals surface area contributed by atoms with Crippen molar-refractivity contribution in [3.63, 3.8) is 0 Å². The third-order valence-electron chi connectivity index (χ3n) is 3.88. The van der Waals surface area contributed by atoms with E-state index >= 15 is 0 Å². The molecule has 0 N–H and O–H groups in total. The van der Waals surface area contributed by atoms with Crippen LogP contribution in [0.4, 0.5) is 0 Å². The minimum Gasteiger partial charge on any atom is -0.494 e. The average molecular weight is 371 g/mol. The largest absolute Gasteiger partial charge is 0.494 e. The molecule has 0 atom stereocenters. The Labute approximate surface area is 156 Å². The van der Waals surface area contributed by atoms with Crippen LogP contribution in [0.3, 0.4) is 0 Å². The van der Waals surface area contributed by atoms with Gasteiger partial charge in [0, 0.05) is 37.4 Å². The molecular weight excluding hydrogens is 350 g/mol. The number of benzene rings is 1. The molecule has 2 heterocycles. The van der Waals surface area contributed by atoms with Crippen LogP contribution in [-0.2, 0) is 17.8 Å². The number of ether oxygens (including phenoxy) is 1. The summed E-state index contributed by atoms with van der Waals surface area (Å²) < 4.78 is 10.7. The van der Waals surface area contributed by atoms with Crippen molar-refractivity contribution in [2.75, 3.05) is 13.7 Å². The molecule has 7 heteroatoms. The molecule has 0 bridgehead atoms. The smallest absolute Gasteiger partial charge is 0.227 e. The third-order valence-corrected chi connectivity index (χ3v) is 4.56. The van der Waals surface area contributed by atoms with Gasteiger partial charge in [0.2, 0.25) is 17.6 Å². The van der Waals surface area contributed by atoms with Crippen molar-refractivity contribution in [3.8, 4) is 17.1 Å². The average Bonchev–Trinajstić information content (AvgIpc) is 3.33. The van der Waals surface area contributed by atoms with Crippen LogP contribution in [0, 0.1) is 0 Å². The second-order valence-corrected chi connectivity index (χ2v) is 6.63. The molecular formula is C19H21N3O3S. The van der Waals surface area contributed by atoms with Crippen molar-refractivity contribution in [2.45, 2.75) is 26.3 Å². The number of hydrogen-bond acceptors (Lipinski definition) is 6. The van der Waals surface area contributed by atoms with Gasteiger partial charge in [0.1, 0.15) is 5.75 Å². The molecule has 0 aliphatic carbocycles. The Morgan fingerprint density at radius 3 is 2.77 bits per heavy atom.